The summed E-state index contributed by atoms with van der Waals surface area (Å²) in [5.74, 6) is -0.247. The van der Waals surface area contributed by atoms with Crippen molar-refractivity contribution in [1.82, 2.24) is 4.90 Å². The first-order valence-corrected chi connectivity index (χ1v) is 6.19. The van der Waals surface area contributed by atoms with E-state index in [2.05, 4.69) is 0 Å². The molecule has 1 heterocycles. The van der Waals surface area contributed by atoms with Crippen LogP contribution < -0.4 is 0 Å². The number of Topliss-reactive ketones (excluding diaryl/α,β-unsaturated/α-hetero) is 1. The second-order valence-corrected chi connectivity index (χ2v) is 4.61. The number of carbonyl (C=O) groups is 2. The Morgan fingerprint density at radius 3 is 2.61 bits per heavy atom. The summed E-state index contributed by atoms with van der Waals surface area (Å²) in [4.78, 5) is 25.0. The zero-order chi connectivity index (χ0) is 13.0. The van der Waals surface area contributed by atoms with Gasteiger partial charge in [0.2, 0.25) is 5.91 Å². The van der Waals surface area contributed by atoms with Crippen molar-refractivity contribution in [2.45, 2.75) is 25.7 Å². The van der Waals surface area contributed by atoms with Crippen LogP contribution in [-0.4, -0.2) is 29.7 Å². The van der Waals surface area contributed by atoms with E-state index in [-0.39, 0.29) is 30.5 Å². The van der Waals surface area contributed by atoms with Crippen molar-refractivity contribution in [3.8, 4) is 0 Å². The van der Waals surface area contributed by atoms with Gasteiger partial charge in [-0.15, -0.1) is 0 Å². The quantitative estimate of drug-likeness (QED) is 0.818. The van der Waals surface area contributed by atoms with Crippen molar-refractivity contribution in [2.75, 3.05) is 13.1 Å². The Kier molecular flexibility index (Phi) is 4.07. The molecule has 1 aromatic rings. The Morgan fingerprint density at radius 1 is 1.22 bits per heavy atom. The van der Waals surface area contributed by atoms with E-state index < -0.39 is 0 Å². The van der Waals surface area contributed by atoms with Gasteiger partial charge in [-0.25, -0.2) is 4.39 Å². The predicted octanol–water partition coefficient (Wildman–Crippen LogP) is 1.95. The SMILES string of the molecule is O=C(Cc1ccc(F)cc1)CN1CCCCC1=O. The van der Waals surface area contributed by atoms with Gasteiger partial charge in [-0.05, 0) is 30.5 Å². The topological polar surface area (TPSA) is 37.4 Å². The summed E-state index contributed by atoms with van der Waals surface area (Å²) < 4.78 is 12.7. The minimum atomic E-state index is -0.308. The molecule has 0 saturated carbocycles. The summed E-state index contributed by atoms with van der Waals surface area (Å²) in [5, 5.41) is 0. The highest BCUT2D eigenvalue weighted by molar-refractivity contribution is 5.87. The van der Waals surface area contributed by atoms with Crippen LogP contribution in [0.3, 0.4) is 0 Å². The molecule has 1 saturated heterocycles. The summed E-state index contributed by atoms with van der Waals surface area (Å²) in [6.45, 7) is 0.851. The number of piperidine rings is 1. The second-order valence-electron chi connectivity index (χ2n) is 4.61. The molecule has 1 amide bonds. The Bertz CT molecular complexity index is 442. The maximum absolute atomic E-state index is 12.7. The van der Waals surface area contributed by atoms with E-state index in [9.17, 15) is 14.0 Å². The molecule has 0 atom stereocenters. The van der Waals surface area contributed by atoms with Gasteiger partial charge in [0.05, 0.1) is 6.54 Å². The average Bonchev–Trinajstić information content (AvgIpc) is 2.35. The van der Waals surface area contributed by atoms with Crippen LogP contribution in [0, 0.1) is 5.82 Å². The number of amides is 1. The van der Waals surface area contributed by atoms with E-state index >= 15 is 0 Å². The standard InChI is InChI=1S/C14H16FNO2/c15-12-6-4-11(5-7-12)9-13(17)10-16-8-2-1-3-14(16)18/h4-7H,1-3,8-10H2. The van der Waals surface area contributed by atoms with Crippen LogP contribution in [0.25, 0.3) is 0 Å². The molecule has 0 spiro atoms. The molecule has 1 fully saturated rings. The highest BCUT2D eigenvalue weighted by Crippen LogP contribution is 2.11. The fourth-order valence-corrected chi connectivity index (χ4v) is 2.13. The first-order chi connectivity index (χ1) is 8.65. The largest absolute Gasteiger partial charge is 0.335 e. The number of carbonyl (C=O) groups excluding carboxylic acids is 2. The van der Waals surface area contributed by atoms with E-state index in [1.165, 1.54) is 12.1 Å². The average molecular weight is 249 g/mol. The minimum absolute atomic E-state index is 0.00291. The predicted molar refractivity (Wildman–Crippen MR) is 65.5 cm³/mol. The monoisotopic (exact) mass is 249 g/mol. The molecule has 0 radical (unpaired) electrons. The summed E-state index contributed by atoms with van der Waals surface area (Å²) in [5.41, 5.74) is 0.783. The maximum Gasteiger partial charge on any atom is 0.222 e. The van der Waals surface area contributed by atoms with Crippen LogP contribution >= 0.6 is 0 Å². The van der Waals surface area contributed by atoms with Crippen molar-refractivity contribution < 1.29 is 14.0 Å². The van der Waals surface area contributed by atoms with E-state index in [1.807, 2.05) is 0 Å². The van der Waals surface area contributed by atoms with Crippen LogP contribution in [0.15, 0.2) is 24.3 Å². The molecule has 1 aromatic carbocycles. The molecule has 0 N–H and O–H groups in total. The number of benzene rings is 1. The normalized spacial score (nSPS) is 15.8. The van der Waals surface area contributed by atoms with Gasteiger partial charge in [-0.3, -0.25) is 9.59 Å². The second kappa shape index (κ2) is 5.76. The highest BCUT2D eigenvalue weighted by atomic mass is 19.1. The van der Waals surface area contributed by atoms with Crippen molar-refractivity contribution in [2.24, 2.45) is 0 Å². The van der Waals surface area contributed by atoms with E-state index in [0.29, 0.717) is 13.0 Å². The Morgan fingerprint density at radius 2 is 1.94 bits per heavy atom. The Hall–Kier alpha value is -1.71. The van der Waals surface area contributed by atoms with Gasteiger partial charge in [0.15, 0.2) is 5.78 Å². The minimum Gasteiger partial charge on any atom is -0.335 e. The van der Waals surface area contributed by atoms with E-state index in [1.54, 1.807) is 17.0 Å². The number of ketones is 1. The molecule has 1 aliphatic rings. The maximum atomic E-state index is 12.7. The lowest BCUT2D eigenvalue weighted by Crippen LogP contribution is -2.39. The number of rotatable bonds is 4. The third-order valence-electron chi connectivity index (χ3n) is 3.10. The number of hydrogen-bond donors (Lipinski definition) is 0. The molecule has 18 heavy (non-hydrogen) atoms. The number of nitrogens with zero attached hydrogens (tertiary/aromatic N) is 1. The molecule has 0 aliphatic carbocycles. The number of likely N-dealkylation sites (tertiary alicyclic amines) is 1. The van der Waals surface area contributed by atoms with Gasteiger partial charge in [-0.1, -0.05) is 12.1 Å². The van der Waals surface area contributed by atoms with Gasteiger partial charge in [0.25, 0.3) is 0 Å². The molecular weight excluding hydrogens is 233 g/mol. The smallest absolute Gasteiger partial charge is 0.222 e. The van der Waals surface area contributed by atoms with Crippen molar-refractivity contribution in [3.63, 3.8) is 0 Å². The lowest BCUT2D eigenvalue weighted by Gasteiger charge is -2.25. The van der Waals surface area contributed by atoms with Crippen LogP contribution in [0.4, 0.5) is 4.39 Å². The molecule has 4 heteroatoms. The number of halogens is 1. The van der Waals surface area contributed by atoms with Gasteiger partial charge >= 0.3 is 0 Å². The first-order valence-electron chi connectivity index (χ1n) is 6.19. The van der Waals surface area contributed by atoms with Crippen molar-refractivity contribution >= 4 is 11.7 Å². The summed E-state index contributed by atoms with van der Waals surface area (Å²) in [7, 11) is 0. The summed E-state index contributed by atoms with van der Waals surface area (Å²) >= 11 is 0. The highest BCUT2D eigenvalue weighted by Gasteiger charge is 2.20. The van der Waals surface area contributed by atoms with E-state index in [4.69, 9.17) is 0 Å². The fraction of sp³-hybridized carbons (Fsp3) is 0.429. The molecular formula is C14H16FNO2. The van der Waals surface area contributed by atoms with Crippen LogP contribution in [-0.2, 0) is 16.0 Å². The Balaban J connectivity index is 1.88. The molecule has 2 rings (SSSR count). The fourth-order valence-electron chi connectivity index (χ4n) is 2.13. The molecule has 0 unspecified atom stereocenters. The third-order valence-corrected chi connectivity index (χ3v) is 3.10. The lowest BCUT2D eigenvalue weighted by molar-refractivity contribution is -0.137. The molecule has 0 bridgehead atoms. The van der Waals surface area contributed by atoms with Crippen molar-refractivity contribution in [1.29, 1.82) is 0 Å². The Labute approximate surface area is 106 Å². The third kappa shape index (κ3) is 3.39. The molecule has 1 aliphatic heterocycles. The molecule has 96 valence electrons. The first kappa shape index (κ1) is 12.7. The molecule has 0 aromatic heterocycles. The van der Waals surface area contributed by atoms with Crippen LogP contribution in [0.5, 0.6) is 0 Å². The summed E-state index contributed by atoms with van der Waals surface area (Å²) in [6, 6.07) is 5.89. The van der Waals surface area contributed by atoms with Gasteiger partial charge < -0.3 is 4.90 Å². The van der Waals surface area contributed by atoms with Gasteiger partial charge in [0.1, 0.15) is 5.82 Å². The molecule has 3 nitrogen and oxygen atoms in total. The van der Waals surface area contributed by atoms with Gasteiger partial charge in [0, 0.05) is 19.4 Å². The summed E-state index contributed by atoms with van der Waals surface area (Å²) in [6.07, 6.45) is 2.69. The zero-order valence-electron chi connectivity index (χ0n) is 10.2. The number of hydrogen-bond acceptors (Lipinski definition) is 2. The zero-order valence-corrected chi connectivity index (χ0v) is 10.2. The lowest BCUT2D eigenvalue weighted by atomic mass is 10.1. The van der Waals surface area contributed by atoms with Gasteiger partial charge in [-0.2, -0.15) is 0 Å². The van der Waals surface area contributed by atoms with Crippen LogP contribution in [0.2, 0.25) is 0 Å². The van der Waals surface area contributed by atoms with Crippen molar-refractivity contribution in [3.05, 3.63) is 35.6 Å². The van der Waals surface area contributed by atoms with E-state index in [0.717, 1.165) is 18.4 Å². The van der Waals surface area contributed by atoms with Crippen LogP contribution in [0.1, 0.15) is 24.8 Å².